The number of amides is 1. The van der Waals surface area contributed by atoms with E-state index in [9.17, 15) is 4.79 Å². The Bertz CT molecular complexity index is 642. The van der Waals surface area contributed by atoms with Gasteiger partial charge in [-0.1, -0.05) is 11.6 Å². The van der Waals surface area contributed by atoms with E-state index in [4.69, 9.17) is 21.8 Å². The first-order valence-corrected chi connectivity index (χ1v) is 7.49. The summed E-state index contributed by atoms with van der Waals surface area (Å²) in [5.74, 6) is 1.13. The molecule has 0 atom stereocenters. The molecule has 3 N–H and O–H groups in total. The molecule has 134 valence electrons. The van der Waals surface area contributed by atoms with Gasteiger partial charge in [0.05, 0.1) is 6.20 Å². The van der Waals surface area contributed by atoms with Gasteiger partial charge in [-0.25, -0.2) is 4.98 Å². The molecule has 8 heteroatoms. The van der Waals surface area contributed by atoms with Crippen LogP contribution in [0.1, 0.15) is 26.2 Å². The minimum absolute atomic E-state index is 0. The van der Waals surface area contributed by atoms with Gasteiger partial charge in [0, 0.05) is 35.5 Å². The quantitative estimate of drug-likeness (QED) is 0.784. The molecule has 1 aromatic heterocycles. The predicted molar refractivity (Wildman–Crippen MR) is 101 cm³/mol. The van der Waals surface area contributed by atoms with Gasteiger partial charge >= 0.3 is 0 Å². The second-order valence-electron chi connectivity index (χ2n) is 5.76. The van der Waals surface area contributed by atoms with Crippen molar-refractivity contribution >= 4 is 42.3 Å². The Labute approximate surface area is 159 Å². The van der Waals surface area contributed by atoms with Crippen LogP contribution >= 0.6 is 36.4 Å². The number of nitrogens with two attached hydrogens (primary N) is 1. The van der Waals surface area contributed by atoms with Crippen LogP contribution in [0.3, 0.4) is 0 Å². The van der Waals surface area contributed by atoms with Crippen LogP contribution in [0.2, 0.25) is 5.02 Å². The molecule has 1 amide bonds. The number of hydrogen-bond acceptors (Lipinski definition) is 4. The van der Waals surface area contributed by atoms with Crippen LogP contribution in [-0.2, 0) is 11.2 Å². The molecule has 24 heavy (non-hydrogen) atoms. The normalized spacial score (nSPS) is 10.5. The van der Waals surface area contributed by atoms with E-state index in [0.29, 0.717) is 36.1 Å². The zero-order valence-corrected chi connectivity index (χ0v) is 15.9. The molecule has 0 bridgehead atoms. The number of carbonyl (C=O) groups excluding carboxylic acids is 1. The average molecular weight is 395 g/mol. The van der Waals surface area contributed by atoms with E-state index >= 15 is 0 Å². The summed E-state index contributed by atoms with van der Waals surface area (Å²) in [4.78, 5) is 16.1. The minimum Gasteiger partial charge on any atom is -0.441 e. The van der Waals surface area contributed by atoms with Gasteiger partial charge in [-0.05, 0) is 38.1 Å². The van der Waals surface area contributed by atoms with Gasteiger partial charge in [0.15, 0.2) is 11.7 Å². The van der Waals surface area contributed by atoms with E-state index in [1.54, 1.807) is 18.3 Å². The van der Waals surface area contributed by atoms with Crippen LogP contribution in [-0.4, -0.2) is 23.0 Å². The first-order chi connectivity index (χ1) is 10.4. The number of nitrogens with zero attached hydrogens (tertiary/aromatic N) is 1. The molecule has 2 aromatic rings. The number of nitrogens with one attached hydrogen (secondary N) is 1. The predicted octanol–water partition coefficient (Wildman–Crippen LogP) is 3.62. The second kappa shape index (κ2) is 9.89. The molecule has 0 fully saturated rings. The lowest BCUT2D eigenvalue weighted by Gasteiger charge is -2.23. The van der Waals surface area contributed by atoms with E-state index < -0.39 is 5.54 Å². The third-order valence-electron chi connectivity index (χ3n) is 3.24. The van der Waals surface area contributed by atoms with Crippen molar-refractivity contribution in [2.45, 2.75) is 32.2 Å². The summed E-state index contributed by atoms with van der Waals surface area (Å²) < 4.78 is 5.66. The molecule has 1 aromatic carbocycles. The molecular formula is C16H22Cl3N3O2. The van der Waals surface area contributed by atoms with Crippen molar-refractivity contribution in [1.29, 1.82) is 0 Å². The van der Waals surface area contributed by atoms with Crippen molar-refractivity contribution in [3.8, 4) is 11.3 Å². The van der Waals surface area contributed by atoms with Crippen molar-refractivity contribution < 1.29 is 9.21 Å². The second-order valence-corrected chi connectivity index (χ2v) is 6.20. The third kappa shape index (κ3) is 6.69. The number of benzene rings is 1. The van der Waals surface area contributed by atoms with Crippen LogP contribution in [0.4, 0.5) is 0 Å². The minimum atomic E-state index is -0.401. The SMILES string of the molecule is CC(C)(CN)NC(=O)CCc1ncc(-c2ccc(Cl)cc2)o1.Cl.Cl. The van der Waals surface area contributed by atoms with Gasteiger partial charge in [-0.15, -0.1) is 24.8 Å². The lowest BCUT2D eigenvalue weighted by Crippen LogP contribution is -2.48. The molecule has 0 saturated carbocycles. The molecule has 0 radical (unpaired) electrons. The van der Waals surface area contributed by atoms with Gasteiger partial charge in [0.2, 0.25) is 5.91 Å². The maximum atomic E-state index is 11.9. The lowest BCUT2D eigenvalue weighted by molar-refractivity contribution is -0.122. The van der Waals surface area contributed by atoms with Crippen molar-refractivity contribution in [2.75, 3.05) is 6.54 Å². The summed E-state index contributed by atoms with van der Waals surface area (Å²) in [5, 5.41) is 3.54. The van der Waals surface area contributed by atoms with Crippen molar-refractivity contribution in [3.05, 3.63) is 41.4 Å². The molecule has 1 heterocycles. The van der Waals surface area contributed by atoms with E-state index in [1.165, 1.54) is 0 Å². The summed E-state index contributed by atoms with van der Waals surface area (Å²) >= 11 is 5.85. The Kier molecular flexibility index (Phi) is 9.37. The van der Waals surface area contributed by atoms with Crippen molar-refractivity contribution in [3.63, 3.8) is 0 Å². The lowest BCUT2D eigenvalue weighted by atomic mass is 10.1. The van der Waals surface area contributed by atoms with Crippen molar-refractivity contribution in [1.82, 2.24) is 10.3 Å². The molecule has 5 nitrogen and oxygen atoms in total. The van der Waals surface area contributed by atoms with Gasteiger partial charge in [0.1, 0.15) is 0 Å². The van der Waals surface area contributed by atoms with Crippen LogP contribution in [0.25, 0.3) is 11.3 Å². The topological polar surface area (TPSA) is 81.1 Å². The number of oxazole rings is 1. The first-order valence-electron chi connectivity index (χ1n) is 7.11. The maximum absolute atomic E-state index is 11.9. The summed E-state index contributed by atoms with van der Waals surface area (Å²) in [5.41, 5.74) is 6.08. The van der Waals surface area contributed by atoms with Gasteiger partial charge in [-0.3, -0.25) is 4.79 Å². The number of rotatable bonds is 6. The summed E-state index contributed by atoms with van der Waals surface area (Å²) in [6.45, 7) is 4.15. The van der Waals surface area contributed by atoms with Gasteiger partial charge in [0.25, 0.3) is 0 Å². The largest absolute Gasteiger partial charge is 0.441 e. The fourth-order valence-corrected chi connectivity index (χ4v) is 2.01. The highest BCUT2D eigenvalue weighted by molar-refractivity contribution is 6.30. The molecular weight excluding hydrogens is 373 g/mol. The Morgan fingerprint density at radius 2 is 1.92 bits per heavy atom. The Morgan fingerprint density at radius 1 is 1.29 bits per heavy atom. The van der Waals surface area contributed by atoms with Crippen LogP contribution in [0.5, 0.6) is 0 Å². The zero-order chi connectivity index (χ0) is 16.2. The van der Waals surface area contributed by atoms with Crippen LogP contribution < -0.4 is 11.1 Å². The van der Waals surface area contributed by atoms with Gasteiger partial charge in [-0.2, -0.15) is 0 Å². The maximum Gasteiger partial charge on any atom is 0.220 e. The Hall–Kier alpha value is -1.27. The molecule has 0 spiro atoms. The number of aromatic nitrogens is 1. The number of hydrogen-bond donors (Lipinski definition) is 2. The van der Waals surface area contributed by atoms with E-state index in [-0.39, 0.29) is 30.7 Å². The smallest absolute Gasteiger partial charge is 0.220 e. The molecule has 0 saturated heterocycles. The highest BCUT2D eigenvalue weighted by Gasteiger charge is 2.18. The monoisotopic (exact) mass is 393 g/mol. The van der Waals surface area contributed by atoms with E-state index in [0.717, 1.165) is 5.56 Å². The molecule has 0 aliphatic rings. The van der Waals surface area contributed by atoms with Crippen LogP contribution in [0.15, 0.2) is 34.9 Å². The third-order valence-corrected chi connectivity index (χ3v) is 3.49. The fraction of sp³-hybridized carbons (Fsp3) is 0.375. The number of halogens is 3. The van der Waals surface area contributed by atoms with E-state index in [2.05, 4.69) is 10.3 Å². The highest BCUT2D eigenvalue weighted by Crippen LogP contribution is 2.22. The standard InChI is InChI=1S/C16H20ClN3O2.2ClH/c1-16(2,10-18)20-14(21)7-8-15-19-9-13(22-15)11-3-5-12(17)6-4-11;;/h3-6,9H,7-8,10,18H2,1-2H3,(H,20,21);2*1H. The number of aryl methyl sites for hydroxylation is 1. The summed E-state index contributed by atoms with van der Waals surface area (Å²) in [6, 6.07) is 7.31. The van der Waals surface area contributed by atoms with Gasteiger partial charge < -0.3 is 15.5 Å². The Balaban J connectivity index is 0.00000264. The average Bonchev–Trinajstić information content (AvgIpc) is 2.94. The molecule has 0 aliphatic carbocycles. The molecule has 0 aliphatic heterocycles. The highest BCUT2D eigenvalue weighted by atomic mass is 35.5. The van der Waals surface area contributed by atoms with Crippen LogP contribution in [0, 0.1) is 0 Å². The van der Waals surface area contributed by atoms with Crippen molar-refractivity contribution in [2.24, 2.45) is 5.73 Å². The number of carbonyl (C=O) groups is 1. The molecule has 2 rings (SSSR count). The summed E-state index contributed by atoms with van der Waals surface area (Å²) in [7, 11) is 0. The zero-order valence-electron chi connectivity index (χ0n) is 13.5. The first kappa shape index (κ1) is 22.7. The Morgan fingerprint density at radius 3 is 2.50 bits per heavy atom. The molecule has 0 unspecified atom stereocenters. The summed E-state index contributed by atoms with van der Waals surface area (Å²) in [6.07, 6.45) is 2.41. The van der Waals surface area contributed by atoms with E-state index in [1.807, 2.05) is 26.0 Å². The fourth-order valence-electron chi connectivity index (χ4n) is 1.88.